The monoisotopic (exact) mass is 297 g/mol. The van der Waals surface area contributed by atoms with Crippen LogP contribution in [0, 0.1) is 12.8 Å². The number of nitrogens with two attached hydrogens (primary N) is 1. The quantitative estimate of drug-likeness (QED) is 0.553. The summed E-state index contributed by atoms with van der Waals surface area (Å²) in [4.78, 5) is 12.1. The summed E-state index contributed by atoms with van der Waals surface area (Å²) in [6.07, 6.45) is 0.610. The maximum Gasteiger partial charge on any atom is 0.253 e. The molecule has 7 heteroatoms. The number of carbonyl (C=O) groups excluding carboxylic acids is 1. The number of benzene rings is 1. The molecule has 1 heterocycles. The van der Waals surface area contributed by atoms with Crippen molar-refractivity contribution in [2.45, 2.75) is 13.3 Å². The number of carbonyl (C=O) groups is 1. The minimum absolute atomic E-state index is 0.00282. The molecule has 1 unspecified atom stereocenters. The minimum atomic E-state index is -2.91. The van der Waals surface area contributed by atoms with E-state index < -0.39 is 9.84 Å². The standard InChI is InChI=1S/C13H19N3O3S/c1-9-2-3-12(16-14)11(6-9)13(17)15-7-10-4-5-20(18,19)8-10/h2-3,6,10,16H,4-5,7-8,14H2,1H3,(H,15,17). The molecule has 0 radical (unpaired) electrons. The van der Waals surface area contributed by atoms with Crippen LogP contribution in [0.4, 0.5) is 5.69 Å². The van der Waals surface area contributed by atoms with Crippen LogP contribution in [0.15, 0.2) is 18.2 Å². The van der Waals surface area contributed by atoms with Crippen molar-refractivity contribution in [3.63, 3.8) is 0 Å². The second kappa shape index (κ2) is 5.80. The van der Waals surface area contributed by atoms with Crippen LogP contribution in [0.3, 0.4) is 0 Å². The van der Waals surface area contributed by atoms with Gasteiger partial charge in [-0.1, -0.05) is 11.6 Å². The second-order valence-corrected chi connectivity index (χ2v) is 7.40. The van der Waals surface area contributed by atoms with Gasteiger partial charge in [0.25, 0.3) is 5.91 Å². The van der Waals surface area contributed by atoms with Gasteiger partial charge in [0, 0.05) is 6.54 Å². The zero-order valence-corrected chi connectivity index (χ0v) is 12.2. The lowest BCUT2D eigenvalue weighted by atomic mass is 10.1. The molecule has 0 aromatic heterocycles. The van der Waals surface area contributed by atoms with Crippen molar-refractivity contribution in [1.82, 2.24) is 5.32 Å². The van der Waals surface area contributed by atoms with Crippen LogP contribution in [0.1, 0.15) is 22.3 Å². The number of sulfone groups is 1. The average Bonchev–Trinajstić information content (AvgIpc) is 2.75. The highest BCUT2D eigenvalue weighted by atomic mass is 32.2. The largest absolute Gasteiger partial charge is 0.352 e. The number of nitrogen functional groups attached to an aromatic ring is 1. The lowest BCUT2D eigenvalue weighted by molar-refractivity contribution is 0.0949. The molecule has 4 N–H and O–H groups in total. The molecule has 2 rings (SSSR count). The van der Waals surface area contributed by atoms with Crippen LogP contribution < -0.4 is 16.6 Å². The Bertz CT molecular complexity index is 613. The summed E-state index contributed by atoms with van der Waals surface area (Å²) in [6, 6.07) is 5.34. The van der Waals surface area contributed by atoms with E-state index in [4.69, 9.17) is 5.84 Å². The Morgan fingerprint density at radius 3 is 2.80 bits per heavy atom. The fourth-order valence-electron chi connectivity index (χ4n) is 2.34. The van der Waals surface area contributed by atoms with Crippen molar-refractivity contribution in [3.8, 4) is 0 Å². The fourth-order valence-corrected chi connectivity index (χ4v) is 4.20. The molecule has 0 saturated carbocycles. The number of hydrogen-bond donors (Lipinski definition) is 3. The Balaban J connectivity index is 2.00. The third kappa shape index (κ3) is 3.49. The third-order valence-corrected chi connectivity index (χ3v) is 5.29. The molecule has 1 aromatic rings. The summed E-state index contributed by atoms with van der Waals surface area (Å²) in [5.41, 5.74) is 4.46. The van der Waals surface area contributed by atoms with Gasteiger partial charge in [0.05, 0.1) is 22.8 Å². The van der Waals surface area contributed by atoms with Gasteiger partial charge in [0.1, 0.15) is 0 Å². The number of nitrogens with one attached hydrogen (secondary N) is 2. The molecule has 1 aliphatic rings. The Hall–Kier alpha value is -1.60. The molecule has 1 aromatic carbocycles. The zero-order valence-electron chi connectivity index (χ0n) is 11.3. The number of hydrogen-bond acceptors (Lipinski definition) is 5. The maximum absolute atomic E-state index is 12.1. The Morgan fingerprint density at radius 2 is 2.20 bits per heavy atom. The molecule has 0 aliphatic carbocycles. The number of rotatable bonds is 4. The zero-order chi connectivity index (χ0) is 14.8. The summed E-state index contributed by atoms with van der Waals surface area (Å²) >= 11 is 0. The van der Waals surface area contributed by atoms with Gasteiger partial charge in [-0.3, -0.25) is 10.6 Å². The summed E-state index contributed by atoms with van der Waals surface area (Å²) in [5, 5.41) is 2.78. The van der Waals surface area contributed by atoms with E-state index in [0.29, 0.717) is 24.2 Å². The Labute approximate surface area is 118 Å². The van der Waals surface area contributed by atoms with Crippen molar-refractivity contribution in [1.29, 1.82) is 0 Å². The van der Waals surface area contributed by atoms with Crippen LogP contribution in [0.25, 0.3) is 0 Å². The predicted molar refractivity (Wildman–Crippen MR) is 78.1 cm³/mol. The molecule has 1 saturated heterocycles. The maximum atomic E-state index is 12.1. The van der Waals surface area contributed by atoms with Gasteiger partial charge in [0.2, 0.25) is 0 Å². The van der Waals surface area contributed by atoms with E-state index in [9.17, 15) is 13.2 Å². The lowest BCUT2D eigenvalue weighted by Crippen LogP contribution is -2.30. The van der Waals surface area contributed by atoms with Gasteiger partial charge in [-0.2, -0.15) is 0 Å². The molecule has 20 heavy (non-hydrogen) atoms. The van der Waals surface area contributed by atoms with Crippen molar-refractivity contribution in [2.24, 2.45) is 11.8 Å². The molecular formula is C13H19N3O3S. The van der Waals surface area contributed by atoms with E-state index in [1.54, 1.807) is 12.1 Å². The SMILES string of the molecule is Cc1ccc(NN)c(C(=O)NCC2CCS(=O)(=O)C2)c1. The Morgan fingerprint density at radius 1 is 1.45 bits per heavy atom. The van der Waals surface area contributed by atoms with Crippen LogP contribution in [-0.2, 0) is 9.84 Å². The average molecular weight is 297 g/mol. The van der Waals surface area contributed by atoms with E-state index in [-0.39, 0.29) is 23.3 Å². The summed E-state index contributed by atoms with van der Waals surface area (Å²) < 4.78 is 22.7. The minimum Gasteiger partial charge on any atom is -0.352 e. The first kappa shape index (κ1) is 14.8. The van der Waals surface area contributed by atoms with E-state index in [0.717, 1.165) is 5.56 Å². The van der Waals surface area contributed by atoms with Gasteiger partial charge in [-0.25, -0.2) is 8.42 Å². The highest BCUT2D eigenvalue weighted by Gasteiger charge is 2.28. The highest BCUT2D eigenvalue weighted by molar-refractivity contribution is 7.91. The molecule has 1 aliphatic heterocycles. The van der Waals surface area contributed by atoms with Gasteiger partial charge < -0.3 is 10.7 Å². The molecule has 0 bridgehead atoms. The normalized spacial score (nSPS) is 20.6. The third-order valence-electron chi connectivity index (χ3n) is 3.45. The first-order valence-corrected chi connectivity index (χ1v) is 8.29. The van der Waals surface area contributed by atoms with Crippen LogP contribution >= 0.6 is 0 Å². The number of anilines is 1. The summed E-state index contributed by atoms with van der Waals surface area (Å²) in [5.74, 6) is 5.51. The molecule has 1 fully saturated rings. The topological polar surface area (TPSA) is 101 Å². The number of hydrazine groups is 1. The molecular weight excluding hydrogens is 278 g/mol. The lowest BCUT2D eigenvalue weighted by Gasteiger charge is -2.12. The fraction of sp³-hybridized carbons (Fsp3) is 0.462. The number of aryl methyl sites for hydroxylation is 1. The molecule has 1 atom stereocenters. The van der Waals surface area contributed by atoms with E-state index in [2.05, 4.69) is 10.7 Å². The molecule has 1 amide bonds. The van der Waals surface area contributed by atoms with Gasteiger partial charge >= 0.3 is 0 Å². The second-order valence-electron chi connectivity index (χ2n) is 5.17. The van der Waals surface area contributed by atoms with Crippen LogP contribution in [-0.4, -0.2) is 32.4 Å². The summed E-state index contributed by atoms with van der Waals surface area (Å²) in [7, 11) is -2.91. The molecule has 110 valence electrons. The van der Waals surface area contributed by atoms with E-state index in [1.807, 2.05) is 13.0 Å². The van der Waals surface area contributed by atoms with Crippen molar-refractivity contribution in [2.75, 3.05) is 23.5 Å². The Kier molecular flexibility index (Phi) is 4.29. The van der Waals surface area contributed by atoms with Gasteiger partial charge in [0.15, 0.2) is 9.84 Å². The van der Waals surface area contributed by atoms with E-state index >= 15 is 0 Å². The van der Waals surface area contributed by atoms with Crippen LogP contribution in [0.5, 0.6) is 0 Å². The van der Waals surface area contributed by atoms with Gasteiger partial charge in [-0.05, 0) is 31.4 Å². The number of amides is 1. The predicted octanol–water partition coefficient (Wildman–Crippen LogP) is 0.445. The van der Waals surface area contributed by atoms with Gasteiger partial charge in [-0.15, -0.1) is 0 Å². The highest BCUT2D eigenvalue weighted by Crippen LogP contribution is 2.19. The molecule has 6 nitrogen and oxygen atoms in total. The van der Waals surface area contributed by atoms with Crippen molar-refractivity contribution in [3.05, 3.63) is 29.3 Å². The molecule has 0 spiro atoms. The van der Waals surface area contributed by atoms with Crippen LogP contribution in [0.2, 0.25) is 0 Å². The first-order valence-electron chi connectivity index (χ1n) is 6.47. The van der Waals surface area contributed by atoms with Crippen molar-refractivity contribution >= 4 is 21.4 Å². The van der Waals surface area contributed by atoms with E-state index in [1.165, 1.54) is 0 Å². The summed E-state index contributed by atoms with van der Waals surface area (Å²) in [6.45, 7) is 2.26. The smallest absolute Gasteiger partial charge is 0.253 e. The van der Waals surface area contributed by atoms with Crippen molar-refractivity contribution < 1.29 is 13.2 Å². The first-order chi connectivity index (χ1) is 9.41.